The Balaban J connectivity index is 1.64. The highest BCUT2D eigenvalue weighted by Crippen LogP contribution is 2.30. The minimum Gasteiger partial charge on any atom is -0.388 e. The van der Waals surface area contributed by atoms with Crippen LogP contribution in [0.25, 0.3) is 11.3 Å². The van der Waals surface area contributed by atoms with Gasteiger partial charge in [0.25, 0.3) is 0 Å². The standard InChI is InChI=1S/C25H25F3N6O2/c1-3-22(35)29-18-7-4-6-17(14-18)21-16-23(36-25(26,27)28)32-24(31-21)30-19-8-5-9-20(15-19)34-12-10-33(2)11-13-34/h3-9,14-16H,1,10-13H2,2H3,(H,29,35)(H,30,31,32). The Labute approximate surface area is 206 Å². The Morgan fingerprint density at radius 3 is 2.47 bits per heavy atom. The molecule has 0 unspecified atom stereocenters. The fraction of sp³-hybridized carbons (Fsp3) is 0.240. The molecule has 1 amide bonds. The van der Waals surface area contributed by atoms with Gasteiger partial charge < -0.3 is 25.2 Å². The van der Waals surface area contributed by atoms with Crippen molar-refractivity contribution in [1.82, 2.24) is 14.9 Å². The summed E-state index contributed by atoms with van der Waals surface area (Å²) < 4.78 is 43.1. The van der Waals surface area contributed by atoms with E-state index in [1.807, 2.05) is 18.2 Å². The monoisotopic (exact) mass is 498 g/mol. The highest BCUT2D eigenvalue weighted by Gasteiger charge is 2.32. The van der Waals surface area contributed by atoms with Crippen LogP contribution < -0.4 is 20.3 Å². The van der Waals surface area contributed by atoms with Gasteiger partial charge in [0.05, 0.1) is 5.69 Å². The lowest BCUT2D eigenvalue weighted by Gasteiger charge is -2.34. The number of aromatic nitrogens is 2. The van der Waals surface area contributed by atoms with Gasteiger partial charge in [-0.1, -0.05) is 24.8 Å². The molecule has 1 saturated heterocycles. The molecule has 2 heterocycles. The van der Waals surface area contributed by atoms with Crippen molar-refractivity contribution in [2.45, 2.75) is 6.36 Å². The maximum atomic E-state index is 13.0. The molecular weight excluding hydrogens is 473 g/mol. The summed E-state index contributed by atoms with van der Waals surface area (Å²) >= 11 is 0. The molecule has 0 spiro atoms. The Bertz CT molecular complexity index is 1240. The van der Waals surface area contributed by atoms with Crippen molar-refractivity contribution in [3.63, 3.8) is 0 Å². The summed E-state index contributed by atoms with van der Waals surface area (Å²) in [6.07, 6.45) is -3.81. The molecule has 4 rings (SSSR count). The number of nitrogens with zero attached hydrogens (tertiary/aromatic N) is 4. The number of piperazine rings is 1. The summed E-state index contributed by atoms with van der Waals surface area (Å²) in [5.74, 6) is -1.15. The number of nitrogens with one attached hydrogen (secondary N) is 2. The van der Waals surface area contributed by atoms with E-state index in [9.17, 15) is 18.0 Å². The largest absolute Gasteiger partial charge is 0.574 e. The van der Waals surface area contributed by atoms with Crippen molar-refractivity contribution in [2.75, 3.05) is 48.8 Å². The van der Waals surface area contributed by atoms with E-state index in [2.05, 4.69) is 48.8 Å². The molecule has 0 bridgehead atoms. The van der Waals surface area contributed by atoms with E-state index in [0.29, 0.717) is 16.9 Å². The van der Waals surface area contributed by atoms with Gasteiger partial charge in [0.1, 0.15) is 0 Å². The zero-order valence-electron chi connectivity index (χ0n) is 19.5. The number of carbonyl (C=O) groups excluding carboxylic acids is 1. The van der Waals surface area contributed by atoms with Crippen molar-refractivity contribution < 1.29 is 22.7 Å². The van der Waals surface area contributed by atoms with Gasteiger partial charge in [-0.15, -0.1) is 13.2 Å². The molecule has 11 heteroatoms. The van der Waals surface area contributed by atoms with Crippen LogP contribution in [0, 0.1) is 0 Å². The molecule has 0 aliphatic carbocycles. The molecule has 8 nitrogen and oxygen atoms in total. The van der Waals surface area contributed by atoms with Crippen molar-refractivity contribution >= 4 is 28.9 Å². The molecule has 188 valence electrons. The van der Waals surface area contributed by atoms with Gasteiger partial charge in [-0.05, 0) is 43.5 Å². The summed E-state index contributed by atoms with van der Waals surface area (Å²) in [6.45, 7) is 7.02. The number of halogens is 3. The van der Waals surface area contributed by atoms with E-state index in [1.54, 1.807) is 30.3 Å². The van der Waals surface area contributed by atoms with E-state index in [0.717, 1.165) is 44.0 Å². The highest BCUT2D eigenvalue weighted by atomic mass is 19.4. The lowest BCUT2D eigenvalue weighted by molar-refractivity contribution is -0.276. The molecule has 1 aromatic heterocycles. The van der Waals surface area contributed by atoms with Crippen LogP contribution in [0.15, 0.2) is 67.3 Å². The lowest BCUT2D eigenvalue weighted by atomic mass is 10.1. The summed E-state index contributed by atoms with van der Waals surface area (Å²) in [4.78, 5) is 24.4. The Hall–Kier alpha value is -4.12. The van der Waals surface area contributed by atoms with Crippen molar-refractivity contribution in [3.05, 3.63) is 67.3 Å². The fourth-order valence-electron chi connectivity index (χ4n) is 3.72. The van der Waals surface area contributed by atoms with Gasteiger partial charge in [0, 0.05) is 54.9 Å². The van der Waals surface area contributed by atoms with E-state index in [-0.39, 0.29) is 11.6 Å². The number of alkyl halides is 3. The average Bonchev–Trinajstić information content (AvgIpc) is 2.83. The number of rotatable bonds is 7. The predicted octanol–water partition coefficient (Wildman–Crippen LogP) is 4.66. The zero-order valence-corrected chi connectivity index (χ0v) is 19.5. The molecule has 2 N–H and O–H groups in total. The first kappa shape index (κ1) is 25.0. The molecule has 1 aliphatic rings. The summed E-state index contributed by atoms with van der Waals surface area (Å²) in [5, 5.41) is 5.61. The Kier molecular flexibility index (Phi) is 7.39. The second kappa shape index (κ2) is 10.6. The first-order chi connectivity index (χ1) is 17.2. The van der Waals surface area contributed by atoms with Crippen LogP contribution in [-0.2, 0) is 4.79 Å². The second-order valence-corrected chi connectivity index (χ2v) is 8.20. The average molecular weight is 499 g/mol. The third-order valence-electron chi connectivity index (χ3n) is 5.50. The van der Waals surface area contributed by atoms with Crippen LogP contribution in [-0.4, -0.2) is 60.4 Å². The van der Waals surface area contributed by atoms with E-state index < -0.39 is 18.1 Å². The van der Waals surface area contributed by atoms with Gasteiger partial charge >= 0.3 is 6.36 Å². The number of hydrogen-bond donors (Lipinski definition) is 2. The number of likely N-dealkylation sites (N-methyl/N-ethyl adjacent to an activating group) is 1. The maximum Gasteiger partial charge on any atom is 0.574 e. The summed E-state index contributed by atoms with van der Waals surface area (Å²) in [7, 11) is 2.07. The van der Waals surface area contributed by atoms with Crippen LogP contribution >= 0.6 is 0 Å². The maximum absolute atomic E-state index is 13.0. The van der Waals surface area contributed by atoms with Gasteiger partial charge in [-0.25, -0.2) is 4.98 Å². The van der Waals surface area contributed by atoms with Crippen molar-refractivity contribution in [1.29, 1.82) is 0 Å². The minimum absolute atomic E-state index is 0.0668. The smallest absolute Gasteiger partial charge is 0.388 e. The number of amides is 1. The van der Waals surface area contributed by atoms with Gasteiger partial charge in [0.15, 0.2) is 0 Å². The molecule has 2 aromatic carbocycles. The number of anilines is 4. The summed E-state index contributed by atoms with van der Waals surface area (Å²) in [6, 6.07) is 15.1. The number of carbonyl (C=O) groups is 1. The SMILES string of the molecule is C=CC(=O)Nc1cccc(-c2cc(OC(F)(F)F)nc(Nc3cccc(N4CCN(C)CC4)c3)n2)c1. The Morgan fingerprint density at radius 1 is 1.03 bits per heavy atom. The quantitative estimate of drug-likeness (QED) is 0.459. The molecule has 0 radical (unpaired) electrons. The molecular formula is C25H25F3N6O2. The topological polar surface area (TPSA) is 82.6 Å². The van der Waals surface area contributed by atoms with Gasteiger partial charge in [-0.2, -0.15) is 4.98 Å². The highest BCUT2D eigenvalue weighted by molar-refractivity contribution is 5.99. The molecule has 36 heavy (non-hydrogen) atoms. The van der Waals surface area contributed by atoms with Crippen molar-refractivity contribution in [2.24, 2.45) is 0 Å². The number of ether oxygens (including phenoxy) is 1. The van der Waals surface area contributed by atoms with Gasteiger partial charge in [0.2, 0.25) is 17.7 Å². The van der Waals surface area contributed by atoms with Crippen LogP contribution in [0.2, 0.25) is 0 Å². The van der Waals surface area contributed by atoms with Gasteiger partial charge in [-0.3, -0.25) is 4.79 Å². The molecule has 0 saturated carbocycles. The van der Waals surface area contributed by atoms with Crippen molar-refractivity contribution in [3.8, 4) is 17.1 Å². The predicted molar refractivity (Wildman–Crippen MR) is 132 cm³/mol. The first-order valence-corrected chi connectivity index (χ1v) is 11.2. The van der Waals surface area contributed by atoms with Crippen LogP contribution in [0.5, 0.6) is 5.88 Å². The van der Waals surface area contributed by atoms with E-state index in [1.165, 1.54) is 0 Å². The van der Waals surface area contributed by atoms with E-state index in [4.69, 9.17) is 0 Å². The normalized spacial score (nSPS) is 14.3. The molecule has 0 atom stereocenters. The lowest BCUT2D eigenvalue weighted by Crippen LogP contribution is -2.44. The third kappa shape index (κ3) is 6.72. The van der Waals surface area contributed by atoms with Crippen LogP contribution in [0.4, 0.5) is 36.2 Å². The summed E-state index contributed by atoms with van der Waals surface area (Å²) in [5.41, 5.74) is 2.68. The van der Waals surface area contributed by atoms with E-state index >= 15 is 0 Å². The number of benzene rings is 2. The molecule has 1 aliphatic heterocycles. The third-order valence-corrected chi connectivity index (χ3v) is 5.50. The van der Waals surface area contributed by atoms with Crippen LogP contribution in [0.3, 0.4) is 0 Å². The fourth-order valence-corrected chi connectivity index (χ4v) is 3.72. The number of hydrogen-bond acceptors (Lipinski definition) is 7. The van der Waals surface area contributed by atoms with Crippen LogP contribution in [0.1, 0.15) is 0 Å². The first-order valence-electron chi connectivity index (χ1n) is 11.2. The minimum atomic E-state index is -4.93. The second-order valence-electron chi connectivity index (χ2n) is 8.20. The molecule has 3 aromatic rings. The molecule has 1 fully saturated rings. The zero-order chi connectivity index (χ0) is 25.7. The Morgan fingerprint density at radius 2 is 1.75 bits per heavy atom.